The summed E-state index contributed by atoms with van der Waals surface area (Å²) in [6, 6.07) is 16.3. The van der Waals surface area contributed by atoms with E-state index in [4.69, 9.17) is 17.3 Å². The van der Waals surface area contributed by atoms with Gasteiger partial charge in [-0.2, -0.15) is 0 Å². The van der Waals surface area contributed by atoms with Crippen molar-refractivity contribution in [3.05, 3.63) is 64.7 Å². The van der Waals surface area contributed by atoms with Gasteiger partial charge in [0.15, 0.2) is 0 Å². The van der Waals surface area contributed by atoms with Gasteiger partial charge in [-0.15, -0.1) is 11.8 Å². The maximum Gasteiger partial charge on any atom is 0.0469 e. The van der Waals surface area contributed by atoms with E-state index < -0.39 is 0 Å². The molecule has 0 aliphatic heterocycles. The fourth-order valence-electron chi connectivity index (χ4n) is 1.89. The van der Waals surface area contributed by atoms with E-state index in [2.05, 4.69) is 37.3 Å². The van der Waals surface area contributed by atoms with E-state index in [0.29, 0.717) is 6.54 Å². The van der Waals surface area contributed by atoms with Crippen molar-refractivity contribution in [1.82, 2.24) is 0 Å². The lowest BCUT2D eigenvalue weighted by atomic mass is 10.1. The van der Waals surface area contributed by atoms with Crippen LogP contribution in [0.3, 0.4) is 0 Å². The van der Waals surface area contributed by atoms with Gasteiger partial charge >= 0.3 is 0 Å². The zero-order valence-electron chi connectivity index (χ0n) is 10.3. The van der Waals surface area contributed by atoms with E-state index in [1.165, 1.54) is 11.1 Å². The fraction of sp³-hybridized carbons (Fsp3) is 0.200. The molecule has 1 nitrogen and oxygen atoms in total. The maximum atomic E-state index is 6.00. The molecular formula is C15H16ClNS. The molecular weight excluding hydrogens is 262 g/mol. The van der Waals surface area contributed by atoms with Crippen LogP contribution in [0.25, 0.3) is 0 Å². The predicted octanol–water partition coefficient (Wildman–Crippen LogP) is 4.44. The monoisotopic (exact) mass is 277 g/mol. The van der Waals surface area contributed by atoms with Crippen LogP contribution >= 0.6 is 23.4 Å². The molecule has 0 spiro atoms. The Morgan fingerprint density at radius 2 is 1.94 bits per heavy atom. The van der Waals surface area contributed by atoms with Gasteiger partial charge in [-0.3, -0.25) is 0 Å². The second kappa shape index (κ2) is 6.28. The smallest absolute Gasteiger partial charge is 0.0469 e. The normalized spacial score (nSPS) is 12.4. The molecule has 1 atom stereocenters. The Morgan fingerprint density at radius 3 is 2.61 bits per heavy atom. The summed E-state index contributed by atoms with van der Waals surface area (Å²) >= 11 is 7.76. The number of rotatable bonds is 4. The summed E-state index contributed by atoms with van der Waals surface area (Å²) in [7, 11) is 0. The summed E-state index contributed by atoms with van der Waals surface area (Å²) in [6.45, 7) is 2.73. The zero-order valence-corrected chi connectivity index (χ0v) is 11.8. The number of hydrogen-bond acceptors (Lipinski definition) is 2. The second-order valence-electron chi connectivity index (χ2n) is 4.16. The van der Waals surface area contributed by atoms with E-state index in [9.17, 15) is 0 Å². The van der Waals surface area contributed by atoms with Crippen molar-refractivity contribution in [3.8, 4) is 0 Å². The van der Waals surface area contributed by atoms with Crippen molar-refractivity contribution in [3.63, 3.8) is 0 Å². The highest BCUT2D eigenvalue weighted by Crippen LogP contribution is 2.36. The highest BCUT2D eigenvalue weighted by molar-refractivity contribution is 7.99. The topological polar surface area (TPSA) is 26.0 Å². The molecule has 0 aliphatic carbocycles. The molecule has 0 bridgehead atoms. The third kappa shape index (κ3) is 3.29. The lowest BCUT2D eigenvalue weighted by molar-refractivity contribution is 0.931. The molecule has 94 valence electrons. The lowest BCUT2D eigenvalue weighted by Crippen LogP contribution is -2.10. The second-order valence-corrected chi connectivity index (χ2v) is 5.87. The summed E-state index contributed by atoms with van der Waals surface area (Å²) in [5, 5.41) is 1.03. The molecule has 0 aliphatic rings. The van der Waals surface area contributed by atoms with Gasteiger partial charge in [0.1, 0.15) is 0 Å². The number of halogens is 1. The highest BCUT2D eigenvalue weighted by atomic mass is 35.5. The Morgan fingerprint density at radius 1 is 1.17 bits per heavy atom. The molecule has 1 unspecified atom stereocenters. The van der Waals surface area contributed by atoms with Crippen molar-refractivity contribution in [2.24, 2.45) is 5.73 Å². The third-order valence-corrected chi connectivity index (χ3v) is 4.32. The van der Waals surface area contributed by atoms with E-state index >= 15 is 0 Å². The van der Waals surface area contributed by atoms with Crippen LogP contribution in [-0.2, 0) is 0 Å². The number of nitrogens with two attached hydrogens (primary N) is 1. The molecule has 0 heterocycles. The highest BCUT2D eigenvalue weighted by Gasteiger charge is 2.13. The fourth-order valence-corrected chi connectivity index (χ4v) is 3.31. The van der Waals surface area contributed by atoms with E-state index in [1.807, 2.05) is 18.2 Å². The van der Waals surface area contributed by atoms with E-state index in [0.717, 1.165) is 9.92 Å². The molecule has 3 heteroatoms. The minimum Gasteiger partial charge on any atom is -0.329 e. The Kier molecular flexibility index (Phi) is 4.70. The molecule has 2 aromatic carbocycles. The van der Waals surface area contributed by atoms with Gasteiger partial charge in [0.05, 0.1) is 0 Å². The van der Waals surface area contributed by atoms with Crippen molar-refractivity contribution in [1.29, 1.82) is 0 Å². The summed E-state index contributed by atoms with van der Waals surface area (Å²) in [6.07, 6.45) is 0. The number of benzene rings is 2. The number of hydrogen-bond donors (Lipinski definition) is 1. The Balaban J connectivity index is 2.23. The van der Waals surface area contributed by atoms with E-state index in [-0.39, 0.29) is 5.25 Å². The average molecular weight is 278 g/mol. The average Bonchev–Trinajstić information content (AvgIpc) is 2.37. The van der Waals surface area contributed by atoms with Crippen LogP contribution < -0.4 is 5.73 Å². The van der Waals surface area contributed by atoms with Crippen LogP contribution in [-0.4, -0.2) is 6.54 Å². The van der Waals surface area contributed by atoms with Crippen LogP contribution in [0.1, 0.15) is 16.4 Å². The molecule has 0 saturated heterocycles. The number of thioether (sulfide) groups is 1. The molecule has 18 heavy (non-hydrogen) atoms. The van der Waals surface area contributed by atoms with Gasteiger partial charge in [0, 0.05) is 21.7 Å². The number of aryl methyl sites for hydroxylation is 1. The van der Waals surface area contributed by atoms with Gasteiger partial charge in [-0.05, 0) is 36.2 Å². The first kappa shape index (κ1) is 13.5. The van der Waals surface area contributed by atoms with Gasteiger partial charge in [0.2, 0.25) is 0 Å². The molecule has 0 saturated carbocycles. The van der Waals surface area contributed by atoms with Crippen LogP contribution in [0.15, 0.2) is 53.4 Å². The first-order chi connectivity index (χ1) is 8.70. The molecule has 0 fully saturated rings. The predicted molar refractivity (Wildman–Crippen MR) is 80.3 cm³/mol. The summed E-state index contributed by atoms with van der Waals surface area (Å²) in [5.41, 5.74) is 8.48. The van der Waals surface area contributed by atoms with Crippen molar-refractivity contribution in [2.45, 2.75) is 17.1 Å². The Labute approximate surface area is 117 Å². The molecule has 2 N–H and O–H groups in total. The van der Waals surface area contributed by atoms with Crippen LogP contribution in [0.2, 0.25) is 5.02 Å². The van der Waals surface area contributed by atoms with Crippen molar-refractivity contribution in [2.75, 3.05) is 6.54 Å². The minimum atomic E-state index is 0.268. The van der Waals surface area contributed by atoms with E-state index in [1.54, 1.807) is 11.8 Å². The molecule has 0 amide bonds. The largest absolute Gasteiger partial charge is 0.329 e. The van der Waals surface area contributed by atoms with Crippen LogP contribution in [0.4, 0.5) is 0 Å². The molecule has 0 radical (unpaired) electrons. The van der Waals surface area contributed by atoms with Gasteiger partial charge in [0.25, 0.3) is 0 Å². The maximum absolute atomic E-state index is 6.00. The third-order valence-electron chi connectivity index (χ3n) is 2.82. The molecule has 0 aromatic heterocycles. The Bertz CT molecular complexity index is 527. The SMILES string of the molecule is Cc1ccccc1C(CN)Sc1cccc(Cl)c1. The summed E-state index contributed by atoms with van der Waals surface area (Å²) < 4.78 is 0. The van der Waals surface area contributed by atoms with Crippen LogP contribution in [0, 0.1) is 6.92 Å². The summed E-state index contributed by atoms with van der Waals surface area (Å²) in [5.74, 6) is 0. The zero-order chi connectivity index (χ0) is 13.0. The van der Waals surface area contributed by atoms with Crippen LogP contribution in [0.5, 0.6) is 0 Å². The first-order valence-electron chi connectivity index (χ1n) is 5.88. The van der Waals surface area contributed by atoms with Crippen molar-refractivity contribution < 1.29 is 0 Å². The van der Waals surface area contributed by atoms with Gasteiger partial charge in [-0.25, -0.2) is 0 Å². The van der Waals surface area contributed by atoms with Gasteiger partial charge in [-0.1, -0.05) is 41.9 Å². The Hall–Kier alpha value is -0.960. The molecule has 2 rings (SSSR count). The summed E-state index contributed by atoms with van der Waals surface area (Å²) in [4.78, 5) is 1.15. The van der Waals surface area contributed by atoms with Crippen molar-refractivity contribution >= 4 is 23.4 Å². The quantitative estimate of drug-likeness (QED) is 0.836. The first-order valence-corrected chi connectivity index (χ1v) is 7.14. The minimum absolute atomic E-state index is 0.268. The van der Waals surface area contributed by atoms with Gasteiger partial charge < -0.3 is 5.73 Å². The lowest BCUT2D eigenvalue weighted by Gasteiger charge is -2.17. The standard InChI is InChI=1S/C15H16ClNS/c1-11-5-2-3-8-14(11)15(10-17)18-13-7-4-6-12(16)9-13/h2-9,15H,10,17H2,1H3. The molecule has 2 aromatic rings.